The molecule has 0 amide bonds. The van der Waals surface area contributed by atoms with Gasteiger partial charge in [-0.25, -0.2) is 18.5 Å². The van der Waals surface area contributed by atoms with Gasteiger partial charge in [0.05, 0.1) is 9.82 Å². The molecule has 1 aromatic heterocycles. The molecular formula is C16H21N5O4S2. The van der Waals surface area contributed by atoms with E-state index >= 15 is 0 Å². The molecule has 9 nitrogen and oxygen atoms in total. The molecule has 3 N–H and O–H groups in total. The zero-order valence-corrected chi connectivity index (χ0v) is 16.4. The van der Waals surface area contributed by atoms with E-state index in [2.05, 4.69) is 22.1 Å². The van der Waals surface area contributed by atoms with E-state index < -0.39 is 14.9 Å². The quantitative estimate of drug-likeness (QED) is 0.552. The molecule has 0 aliphatic carbocycles. The summed E-state index contributed by atoms with van der Waals surface area (Å²) in [6, 6.07) is 4.03. The molecule has 2 aromatic rings. The highest BCUT2D eigenvalue weighted by Crippen LogP contribution is 2.32. The fourth-order valence-corrected chi connectivity index (χ4v) is 4.48. The Morgan fingerprint density at radius 2 is 2.22 bits per heavy atom. The lowest BCUT2D eigenvalue weighted by molar-refractivity contribution is -0.384. The summed E-state index contributed by atoms with van der Waals surface area (Å²) >= 11 is 1.42. The van der Waals surface area contributed by atoms with Gasteiger partial charge in [-0.2, -0.15) is 0 Å². The van der Waals surface area contributed by atoms with Gasteiger partial charge in [0.2, 0.25) is 10.0 Å². The minimum Gasteiger partial charge on any atom is -0.326 e. The molecule has 0 bridgehead atoms. The number of hydrogen-bond donors (Lipinski definition) is 2. The van der Waals surface area contributed by atoms with Gasteiger partial charge in [0.1, 0.15) is 5.69 Å². The molecule has 1 aromatic carbocycles. The zero-order valence-electron chi connectivity index (χ0n) is 14.8. The van der Waals surface area contributed by atoms with Gasteiger partial charge in [-0.05, 0) is 38.4 Å². The maximum Gasteiger partial charge on any atom is 0.294 e. The monoisotopic (exact) mass is 411 g/mol. The number of primary sulfonamides is 1. The third-order valence-corrected chi connectivity index (χ3v) is 6.40. The summed E-state index contributed by atoms with van der Waals surface area (Å²) in [4.78, 5) is 18.1. The molecule has 1 saturated heterocycles. The molecule has 0 saturated carbocycles. The Morgan fingerprint density at radius 1 is 1.44 bits per heavy atom. The highest BCUT2D eigenvalue weighted by Gasteiger charge is 2.21. The van der Waals surface area contributed by atoms with E-state index in [0.717, 1.165) is 24.0 Å². The molecule has 3 rings (SSSR count). The molecule has 27 heavy (non-hydrogen) atoms. The first-order valence-electron chi connectivity index (χ1n) is 8.51. The fourth-order valence-electron chi connectivity index (χ4n) is 3.09. The van der Waals surface area contributed by atoms with Crippen LogP contribution >= 0.6 is 11.3 Å². The summed E-state index contributed by atoms with van der Waals surface area (Å²) in [7, 11) is -4.02. The maximum atomic E-state index is 11.4. The number of nitrogens with two attached hydrogens (primary N) is 1. The van der Waals surface area contributed by atoms with E-state index in [4.69, 9.17) is 5.14 Å². The molecule has 1 aliphatic rings. The molecule has 2 heterocycles. The lowest BCUT2D eigenvalue weighted by Crippen LogP contribution is -2.36. The molecule has 11 heteroatoms. The van der Waals surface area contributed by atoms with Gasteiger partial charge in [-0.15, -0.1) is 11.3 Å². The van der Waals surface area contributed by atoms with Crippen LogP contribution in [-0.4, -0.2) is 35.8 Å². The van der Waals surface area contributed by atoms with Crippen molar-refractivity contribution in [2.24, 2.45) is 5.14 Å². The number of nitro benzene ring substituents is 1. The van der Waals surface area contributed by atoms with Crippen LogP contribution < -0.4 is 10.5 Å². The number of nitrogens with zero attached hydrogens (tertiary/aromatic N) is 3. The smallest absolute Gasteiger partial charge is 0.294 e. The molecule has 1 aliphatic heterocycles. The van der Waals surface area contributed by atoms with Gasteiger partial charge in [0.15, 0.2) is 5.13 Å². The number of piperidine rings is 1. The predicted molar refractivity (Wildman–Crippen MR) is 104 cm³/mol. The molecular weight excluding hydrogens is 390 g/mol. The van der Waals surface area contributed by atoms with E-state index in [-0.39, 0.29) is 16.3 Å². The molecule has 146 valence electrons. The van der Waals surface area contributed by atoms with Crippen LogP contribution in [0.25, 0.3) is 0 Å². The maximum absolute atomic E-state index is 11.4. The zero-order chi connectivity index (χ0) is 19.6. The summed E-state index contributed by atoms with van der Waals surface area (Å²) in [6.45, 7) is 4.07. The van der Waals surface area contributed by atoms with Gasteiger partial charge in [-0.3, -0.25) is 15.0 Å². The number of nitro groups is 1. The Morgan fingerprint density at radius 3 is 2.89 bits per heavy atom. The number of nitrogens with one attached hydrogen (secondary N) is 1. The summed E-state index contributed by atoms with van der Waals surface area (Å²) in [5.41, 5.74) is -0.206. The third-order valence-electron chi connectivity index (χ3n) is 4.59. The van der Waals surface area contributed by atoms with Crippen molar-refractivity contribution in [3.8, 4) is 0 Å². The molecule has 1 atom stereocenters. The van der Waals surface area contributed by atoms with Crippen LogP contribution in [0.5, 0.6) is 0 Å². The van der Waals surface area contributed by atoms with Crippen molar-refractivity contribution in [3.05, 3.63) is 39.4 Å². The second-order valence-corrected chi connectivity index (χ2v) is 9.23. The van der Waals surface area contributed by atoms with Crippen LogP contribution in [0.3, 0.4) is 0 Å². The summed E-state index contributed by atoms with van der Waals surface area (Å²) in [5.74, 6) is 0. The van der Waals surface area contributed by atoms with E-state index in [1.165, 1.54) is 42.7 Å². The second-order valence-electron chi connectivity index (χ2n) is 6.55. The Balaban J connectivity index is 1.77. The SMILES string of the molecule is CC1CCCCN1Cc1cnc(Nc2ccc(S(N)(=O)=O)cc2[N+](=O)[O-])s1. The van der Waals surface area contributed by atoms with Crippen molar-refractivity contribution in [1.82, 2.24) is 9.88 Å². The lowest BCUT2D eigenvalue weighted by atomic mass is 10.0. The Bertz CT molecular complexity index is 944. The molecule has 0 spiro atoms. The van der Waals surface area contributed by atoms with Crippen LogP contribution in [0.1, 0.15) is 31.1 Å². The number of likely N-dealkylation sites (tertiary alicyclic amines) is 1. The van der Waals surface area contributed by atoms with Crippen LogP contribution in [0.15, 0.2) is 29.3 Å². The fraction of sp³-hybridized carbons (Fsp3) is 0.438. The third kappa shape index (κ3) is 4.80. The number of anilines is 2. The number of benzene rings is 1. The van der Waals surface area contributed by atoms with Crippen molar-refractivity contribution >= 4 is 37.9 Å². The van der Waals surface area contributed by atoms with Crippen LogP contribution in [0, 0.1) is 10.1 Å². The van der Waals surface area contributed by atoms with Gasteiger partial charge < -0.3 is 5.32 Å². The van der Waals surface area contributed by atoms with E-state index in [9.17, 15) is 18.5 Å². The number of rotatable bonds is 6. The lowest BCUT2D eigenvalue weighted by Gasteiger charge is -2.32. The van der Waals surface area contributed by atoms with Crippen LogP contribution in [0.2, 0.25) is 0 Å². The van der Waals surface area contributed by atoms with E-state index in [0.29, 0.717) is 11.2 Å². The van der Waals surface area contributed by atoms with Crippen molar-refractivity contribution in [3.63, 3.8) is 0 Å². The summed E-state index contributed by atoms with van der Waals surface area (Å²) < 4.78 is 22.8. The first-order valence-corrected chi connectivity index (χ1v) is 10.9. The van der Waals surface area contributed by atoms with Crippen molar-refractivity contribution in [2.75, 3.05) is 11.9 Å². The molecule has 1 fully saturated rings. The first-order chi connectivity index (χ1) is 12.7. The van der Waals surface area contributed by atoms with Crippen molar-refractivity contribution < 1.29 is 13.3 Å². The minimum absolute atomic E-state index is 0.166. The second kappa shape index (κ2) is 7.89. The average molecular weight is 412 g/mol. The topological polar surface area (TPSA) is 131 Å². The minimum atomic E-state index is -4.02. The number of aromatic nitrogens is 1. The predicted octanol–water partition coefficient (Wildman–Crippen LogP) is 2.82. The largest absolute Gasteiger partial charge is 0.326 e. The number of sulfonamides is 1. The van der Waals surface area contributed by atoms with Gasteiger partial charge in [0, 0.05) is 29.7 Å². The Labute approximate surface area is 161 Å². The van der Waals surface area contributed by atoms with E-state index in [1.807, 2.05) is 0 Å². The normalized spacial score (nSPS) is 18.4. The summed E-state index contributed by atoms with van der Waals surface area (Å²) in [5, 5.41) is 19.8. The van der Waals surface area contributed by atoms with Crippen molar-refractivity contribution in [2.45, 2.75) is 43.7 Å². The number of thiazole rings is 1. The van der Waals surface area contributed by atoms with Gasteiger partial charge in [-0.1, -0.05) is 6.42 Å². The van der Waals surface area contributed by atoms with Gasteiger partial charge in [0.25, 0.3) is 5.69 Å². The first kappa shape index (κ1) is 19.7. The summed E-state index contributed by atoms with van der Waals surface area (Å²) in [6.07, 6.45) is 5.40. The van der Waals surface area contributed by atoms with Crippen LogP contribution in [-0.2, 0) is 16.6 Å². The van der Waals surface area contributed by atoms with Crippen LogP contribution in [0.4, 0.5) is 16.5 Å². The molecule has 0 radical (unpaired) electrons. The van der Waals surface area contributed by atoms with E-state index in [1.54, 1.807) is 6.20 Å². The molecule has 1 unspecified atom stereocenters. The highest BCUT2D eigenvalue weighted by molar-refractivity contribution is 7.89. The average Bonchev–Trinajstić information content (AvgIpc) is 3.03. The van der Waals surface area contributed by atoms with Gasteiger partial charge >= 0.3 is 0 Å². The Hall–Kier alpha value is -2.08. The highest BCUT2D eigenvalue weighted by atomic mass is 32.2. The Kier molecular flexibility index (Phi) is 5.75. The standard InChI is InChI=1S/C16H21N5O4S2/c1-11-4-2-3-7-20(11)10-12-9-18-16(26-12)19-14-6-5-13(27(17,24)25)8-15(14)21(22)23/h5-6,8-9,11H,2-4,7,10H2,1H3,(H,18,19)(H2,17,24,25). The number of hydrogen-bond acceptors (Lipinski definition) is 8. The van der Waals surface area contributed by atoms with Crippen molar-refractivity contribution in [1.29, 1.82) is 0 Å².